The Morgan fingerprint density at radius 1 is 1.07 bits per heavy atom. The summed E-state index contributed by atoms with van der Waals surface area (Å²) in [6, 6.07) is 7.21. The van der Waals surface area contributed by atoms with Gasteiger partial charge in [-0.25, -0.2) is 4.79 Å². The molecule has 4 nitrogen and oxygen atoms in total. The van der Waals surface area contributed by atoms with Crippen molar-refractivity contribution >= 4 is 45.8 Å². The van der Waals surface area contributed by atoms with Crippen molar-refractivity contribution in [3.63, 3.8) is 0 Å². The normalized spacial score (nSPS) is 14.3. The lowest BCUT2D eigenvalue weighted by molar-refractivity contribution is 0.0891. The number of hydrogen-bond acceptors (Lipinski definition) is 4. The second-order valence-corrected chi connectivity index (χ2v) is 7.93. The zero-order valence-corrected chi connectivity index (χ0v) is 17.0. The molecule has 140 valence electrons. The highest BCUT2D eigenvalue weighted by Gasteiger charge is 2.26. The van der Waals surface area contributed by atoms with Gasteiger partial charge < -0.3 is 9.15 Å². The molecule has 0 aliphatic carbocycles. The van der Waals surface area contributed by atoms with Crippen molar-refractivity contribution in [1.82, 2.24) is 4.90 Å². The Kier molecular flexibility index (Phi) is 4.85. The maximum atomic E-state index is 12.2. The highest BCUT2D eigenvalue weighted by Crippen LogP contribution is 2.40. The molecule has 0 radical (unpaired) electrons. The summed E-state index contributed by atoms with van der Waals surface area (Å²) in [5, 5.41) is 2.53. The van der Waals surface area contributed by atoms with E-state index in [2.05, 4.69) is 4.90 Å². The van der Waals surface area contributed by atoms with Gasteiger partial charge in [0.2, 0.25) is 0 Å². The number of rotatable bonds is 2. The molecule has 0 N–H and O–H groups in total. The van der Waals surface area contributed by atoms with Gasteiger partial charge in [0.1, 0.15) is 18.1 Å². The highest BCUT2D eigenvalue weighted by molar-refractivity contribution is 6.35. The summed E-state index contributed by atoms with van der Waals surface area (Å²) in [5.74, 6) is 0.564. The van der Waals surface area contributed by atoms with E-state index in [1.54, 1.807) is 25.1 Å². The van der Waals surface area contributed by atoms with Crippen molar-refractivity contribution in [2.75, 3.05) is 6.73 Å². The number of nitrogens with zero attached hydrogens (tertiary/aromatic N) is 1. The SMILES string of the molecule is Cc1c(C)c2cc(Cl)c3c(c2oc1=O)CN(Cc1ccc(Cl)cc1Cl)CO3. The number of benzene rings is 2. The molecule has 0 atom stereocenters. The van der Waals surface area contributed by atoms with Crippen molar-refractivity contribution in [3.8, 4) is 5.75 Å². The zero-order chi connectivity index (χ0) is 19.3. The predicted molar refractivity (Wildman–Crippen MR) is 108 cm³/mol. The summed E-state index contributed by atoms with van der Waals surface area (Å²) in [5.41, 5.74) is 3.34. The van der Waals surface area contributed by atoms with E-state index in [4.69, 9.17) is 44.0 Å². The Labute approximate surface area is 171 Å². The van der Waals surface area contributed by atoms with Crippen LogP contribution in [0.4, 0.5) is 0 Å². The van der Waals surface area contributed by atoms with E-state index >= 15 is 0 Å². The molecule has 0 saturated heterocycles. The molecule has 2 heterocycles. The molecule has 0 amide bonds. The van der Waals surface area contributed by atoms with Gasteiger partial charge in [0, 0.05) is 34.1 Å². The molecular weight excluding hydrogens is 409 g/mol. The smallest absolute Gasteiger partial charge is 0.339 e. The first kappa shape index (κ1) is 18.6. The van der Waals surface area contributed by atoms with Crippen molar-refractivity contribution < 1.29 is 9.15 Å². The van der Waals surface area contributed by atoms with Gasteiger partial charge in [0.15, 0.2) is 0 Å². The lowest BCUT2D eigenvalue weighted by Crippen LogP contribution is -2.32. The fourth-order valence-electron chi connectivity index (χ4n) is 3.30. The average molecular weight is 425 g/mol. The maximum Gasteiger partial charge on any atom is 0.339 e. The van der Waals surface area contributed by atoms with Crippen LogP contribution in [0.3, 0.4) is 0 Å². The molecule has 0 fully saturated rings. The standard InChI is InChI=1S/C20H16Cl3NO3/c1-10-11(2)20(25)27-18-14(10)6-17(23)19-15(18)8-24(9-26-19)7-12-3-4-13(21)5-16(12)22/h3-6H,7-9H2,1-2H3. The van der Waals surface area contributed by atoms with Crippen LogP contribution in [0.15, 0.2) is 33.5 Å². The second kappa shape index (κ2) is 7.02. The van der Waals surface area contributed by atoms with E-state index in [1.165, 1.54) is 0 Å². The van der Waals surface area contributed by atoms with E-state index in [9.17, 15) is 4.79 Å². The quantitative estimate of drug-likeness (QED) is 0.493. The lowest BCUT2D eigenvalue weighted by atomic mass is 10.0. The van der Waals surface area contributed by atoms with Gasteiger partial charge in [-0.1, -0.05) is 40.9 Å². The number of aryl methyl sites for hydroxylation is 1. The Hall–Kier alpha value is -1.72. The Morgan fingerprint density at radius 3 is 2.59 bits per heavy atom. The van der Waals surface area contributed by atoms with Crippen molar-refractivity contribution in [2.24, 2.45) is 0 Å². The van der Waals surface area contributed by atoms with Crippen LogP contribution >= 0.6 is 34.8 Å². The van der Waals surface area contributed by atoms with Gasteiger partial charge in [0.05, 0.1) is 10.6 Å². The summed E-state index contributed by atoms with van der Waals surface area (Å²) < 4.78 is 11.5. The van der Waals surface area contributed by atoms with Crippen LogP contribution in [0, 0.1) is 13.8 Å². The third-order valence-corrected chi connectivity index (χ3v) is 5.80. The summed E-state index contributed by atoms with van der Waals surface area (Å²) >= 11 is 18.7. The molecule has 0 spiro atoms. The van der Waals surface area contributed by atoms with Crippen LogP contribution in [0.1, 0.15) is 22.3 Å². The summed E-state index contributed by atoms with van der Waals surface area (Å²) in [6.07, 6.45) is 0. The first-order valence-corrected chi connectivity index (χ1v) is 9.53. The van der Waals surface area contributed by atoms with Crippen LogP contribution < -0.4 is 10.4 Å². The van der Waals surface area contributed by atoms with Gasteiger partial charge in [-0.3, -0.25) is 4.90 Å². The van der Waals surface area contributed by atoms with Crippen LogP contribution in [0.25, 0.3) is 11.0 Å². The zero-order valence-electron chi connectivity index (χ0n) is 14.7. The maximum absolute atomic E-state index is 12.2. The number of hydrogen-bond donors (Lipinski definition) is 0. The predicted octanol–water partition coefficient (Wildman–Crippen LogP) is 5.72. The van der Waals surface area contributed by atoms with Crippen molar-refractivity contribution in [1.29, 1.82) is 0 Å². The van der Waals surface area contributed by atoms with Gasteiger partial charge in [-0.15, -0.1) is 0 Å². The minimum absolute atomic E-state index is 0.345. The molecule has 0 saturated carbocycles. The molecule has 1 aliphatic rings. The molecule has 0 bridgehead atoms. The first-order valence-electron chi connectivity index (χ1n) is 8.39. The van der Waals surface area contributed by atoms with E-state index in [0.29, 0.717) is 51.8 Å². The first-order chi connectivity index (χ1) is 12.8. The topological polar surface area (TPSA) is 42.7 Å². The second-order valence-electron chi connectivity index (χ2n) is 6.68. The van der Waals surface area contributed by atoms with Crippen LogP contribution in [0.2, 0.25) is 15.1 Å². The molecule has 0 unspecified atom stereocenters. The van der Waals surface area contributed by atoms with Crippen LogP contribution in [-0.2, 0) is 13.1 Å². The average Bonchev–Trinajstić information content (AvgIpc) is 2.63. The third-order valence-electron chi connectivity index (χ3n) is 4.93. The molecule has 1 aliphatic heterocycles. The van der Waals surface area contributed by atoms with Crippen LogP contribution in [-0.4, -0.2) is 11.6 Å². The fourth-order valence-corrected chi connectivity index (χ4v) is 4.05. The van der Waals surface area contributed by atoms with E-state index in [1.807, 2.05) is 13.0 Å². The molecule has 27 heavy (non-hydrogen) atoms. The van der Waals surface area contributed by atoms with Gasteiger partial charge in [0.25, 0.3) is 0 Å². The Morgan fingerprint density at radius 2 is 1.85 bits per heavy atom. The number of halogens is 3. The van der Waals surface area contributed by atoms with Crippen LogP contribution in [0.5, 0.6) is 5.75 Å². The third kappa shape index (κ3) is 3.32. The molecule has 4 rings (SSSR count). The highest BCUT2D eigenvalue weighted by atomic mass is 35.5. The fraction of sp³-hybridized carbons (Fsp3) is 0.250. The lowest BCUT2D eigenvalue weighted by Gasteiger charge is -2.30. The van der Waals surface area contributed by atoms with Gasteiger partial charge >= 0.3 is 5.63 Å². The largest absolute Gasteiger partial charge is 0.476 e. The molecular formula is C20H16Cl3NO3. The number of fused-ring (bicyclic) bond motifs is 3. The summed E-state index contributed by atoms with van der Waals surface area (Å²) in [7, 11) is 0. The van der Waals surface area contributed by atoms with E-state index < -0.39 is 0 Å². The van der Waals surface area contributed by atoms with E-state index in [-0.39, 0.29) is 5.63 Å². The van der Waals surface area contributed by atoms with Crippen molar-refractivity contribution in [3.05, 3.63) is 72.0 Å². The van der Waals surface area contributed by atoms with Gasteiger partial charge in [-0.05, 0) is 43.2 Å². The molecule has 3 aromatic rings. The molecule has 7 heteroatoms. The van der Waals surface area contributed by atoms with Crippen molar-refractivity contribution in [2.45, 2.75) is 26.9 Å². The molecule has 1 aromatic heterocycles. The minimum atomic E-state index is -0.345. The van der Waals surface area contributed by atoms with E-state index in [0.717, 1.165) is 22.1 Å². The summed E-state index contributed by atoms with van der Waals surface area (Å²) in [6.45, 7) is 5.09. The number of ether oxygens (including phenoxy) is 1. The Balaban J connectivity index is 1.77. The minimum Gasteiger partial charge on any atom is -0.476 e. The monoisotopic (exact) mass is 423 g/mol. The summed E-state index contributed by atoms with van der Waals surface area (Å²) in [4.78, 5) is 14.2. The van der Waals surface area contributed by atoms with Gasteiger partial charge in [-0.2, -0.15) is 0 Å². The Bertz CT molecular complexity index is 1120. The molecule has 2 aromatic carbocycles.